The zero-order valence-corrected chi connectivity index (χ0v) is 9.11. The molecule has 2 aliphatic heterocycles. The number of nitrogens with zero attached hydrogens (tertiary/aromatic N) is 1. The third-order valence-corrected chi connectivity index (χ3v) is 3.51. The molecule has 0 saturated carbocycles. The summed E-state index contributed by atoms with van der Waals surface area (Å²) in [5, 5.41) is 12.2. The summed E-state index contributed by atoms with van der Waals surface area (Å²) in [7, 11) is 0. The maximum Gasteiger partial charge on any atom is 0.307 e. The molecular formula is C11H20N2O2. The predicted molar refractivity (Wildman–Crippen MR) is 57.8 cm³/mol. The number of carboxylic acid groups (broad SMARTS) is 1. The van der Waals surface area contributed by atoms with Gasteiger partial charge in [0.2, 0.25) is 0 Å². The SMILES string of the molecule is O=C(O)C1CNCC(CN2CCCC2)C1. The third-order valence-electron chi connectivity index (χ3n) is 3.51. The van der Waals surface area contributed by atoms with E-state index in [2.05, 4.69) is 10.2 Å². The van der Waals surface area contributed by atoms with Crippen LogP contribution in [0.15, 0.2) is 0 Å². The van der Waals surface area contributed by atoms with Gasteiger partial charge in [0.05, 0.1) is 5.92 Å². The predicted octanol–water partition coefficient (Wildman–Crippen LogP) is 0.392. The molecule has 4 nitrogen and oxygen atoms in total. The van der Waals surface area contributed by atoms with E-state index < -0.39 is 5.97 Å². The van der Waals surface area contributed by atoms with Gasteiger partial charge < -0.3 is 15.3 Å². The van der Waals surface area contributed by atoms with Crippen LogP contribution in [-0.2, 0) is 4.79 Å². The van der Waals surface area contributed by atoms with Crippen molar-refractivity contribution in [1.82, 2.24) is 10.2 Å². The summed E-state index contributed by atoms with van der Waals surface area (Å²) in [4.78, 5) is 13.4. The molecule has 0 amide bonds. The monoisotopic (exact) mass is 212 g/mol. The molecule has 2 rings (SSSR count). The van der Waals surface area contributed by atoms with E-state index >= 15 is 0 Å². The molecule has 0 aliphatic carbocycles. The molecule has 0 spiro atoms. The smallest absolute Gasteiger partial charge is 0.307 e. The van der Waals surface area contributed by atoms with Crippen LogP contribution in [0.4, 0.5) is 0 Å². The average molecular weight is 212 g/mol. The third kappa shape index (κ3) is 2.92. The van der Waals surface area contributed by atoms with Crippen LogP contribution in [0.25, 0.3) is 0 Å². The zero-order valence-electron chi connectivity index (χ0n) is 9.11. The number of likely N-dealkylation sites (tertiary alicyclic amines) is 1. The Morgan fingerprint density at radius 1 is 1.33 bits per heavy atom. The molecule has 0 aromatic carbocycles. The van der Waals surface area contributed by atoms with Crippen LogP contribution in [0.2, 0.25) is 0 Å². The van der Waals surface area contributed by atoms with Crippen LogP contribution in [-0.4, -0.2) is 48.7 Å². The lowest BCUT2D eigenvalue weighted by Crippen LogP contribution is -2.43. The Kier molecular flexibility index (Phi) is 3.59. The first-order valence-electron chi connectivity index (χ1n) is 5.91. The van der Waals surface area contributed by atoms with Crippen molar-refractivity contribution in [2.75, 3.05) is 32.7 Å². The van der Waals surface area contributed by atoms with Crippen molar-refractivity contribution in [1.29, 1.82) is 0 Å². The van der Waals surface area contributed by atoms with Crippen molar-refractivity contribution in [3.8, 4) is 0 Å². The second-order valence-electron chi connectivity index (χ2n) is 4.80. The number of aliphatic carboxylic acids is 1. The summed E-state index contributed by atoms with van der Waals surface area (Å²) in [5.41, 5.74) is 0. The van der Waals surface area contributed by atoms with Crippen molar-refractivity contribution >= 4 is 5.97 Å². The summed E-state index contributed by atoms with van der Waals surface area (Å²) >= 11 is 0. The van der Waals surface area contributed by atoms with Crippen molar-refractivity contribution in [2.24, 2.45) is 11.8 Å². The lowest BCUT2D eigenvalue weighted by molar-refractivity contribution is -0.142. The van der Waals surface area contributed by atoms with Crippen molar-refractivity contribution in [3.63, 3.8) is 0 Å². The molecule has 2 atom stereocenters. The minimum atomic E-state index is -0.645. The molecular weight excluding hydrogens is 192 g/mol. The largest absolute Gasteiger partial charge is 0.481 e. The van der Waals surface area contributed by atoms with Crippen LogP contribution >= 0.6 is 0 Å². The van der Waals surface area contributed by atoms with Crippen molar-refractivity contribution in [3.05, 3.63) is 0 Å². The van der Waals surface area contributed by atoms with E-state index in [0.29, 0.717) is 12.5 Å². The Balaban J connectivity index is 1.79. The molecule has 2 N–H and O–H groups in total. The summed E-state index contributed by atoms with van der Waals surface area (Å²) in [6.07, 6.45) is 3.46. The second kappa shape index (κ2) is 4.94. The van der Waals surface area contributed by atoms with E-state index in [0.717, 1.165) is 19.5 Å². The van der Waals surface area contributed by atoms with Crippen molar-refractivity contribution in [2.45, 2.75) is 19.3 Å². The molecule has 2 unspecified atom stereocenters. The normalized spacial score (nSPS) is 33.1. The standard InChI is InChI=1S/C11H20N2O2/c14-11(15)10-5-9(6-12-7-10)8-13-3-1-2-4-13/h9-10,12H,1-8H2,(H,14,15). The fourth-order valence-corrected chi connectivity index (χ4v) is 2.69. The minimum Gasteiger partial charge on any atom is -0.481 e. The Morgan fingerprint density at radius 3 is 2.73 bits per heavy atom. The van der Waals surface area contributed by atoms with Crippen LogP contribution in [0.1, 0.15) is 19.3 Å². The number of hydrogen-bond acceptors (Lipinski definition) is 3. The number of piperidine rings is 1. The maximum atomic E-state index is 10.9. The Bertz CT molecular complexity index is 227. The molecule has 15 heavy (non-hydrogen) atoms. The van der Waals surface area contributed by atoms with Gasteiger partial charge in [0.25, 0.3) is 0 Å². The van der Waals surface area contributed by atoms with E-state index in [9.17, 15) is 4.79 Å². The first-order chi connectivity index (χ1) is 7.25. The summed E-state index contributed by atoms with van der Waals surface area (Å²) in [6, 6.07) is 0. The number of carboxylic acids is 1. The summed E-state index contributed by atoms with van der Waals surface area (Å²) in [6.45, 7) is 5.12. The van der Waals surface area contributed by atoms with Crippen LogP contribution in [0, 0.1) is 11.8 Å². The molecule has 2 saturated heterocycles. The Morgan fingerprint density at radius 2 is 2.07 bits per heavy atom. The fraction of sp³-hybridized carbons (Fsp3) is 0.909. The van der Waals surface area contributed by atoms with E-state index in [-0.39, 0.29) is 5.92 Å². The van der Waals surface area contributed by atoms with Crippen LogP contribution in [0.3, 0.4) is 0 Å². The van der Waals surface area contributed by atoms with Gasteiger partial charge in [-0.25, -0.2) is 0 Å². The van der Waals surface area contributed by atoms with Gasteiger partial charge >= 0.3 is 5.97 Å². The highest BCUT2D eigenvalue weighted by molar-refractivity contribution is 5.70. The van der Waals surface area contributed by atoms with Gasteiger partial charge in [-0.3, -0.25) is 4.79 Å². The van der Waals surface area contributed by atoms with Crippen LogP contribution < -0.4 is 5.32 Å². The quantitative estimate of drug-likeness (QED) is 0.710. The van der Waals surface area contributed by atoms with Gasteiger partial charge in [-0.2, -0.15) is 0 Å². The maximum absolute atomic E-state index is 10.9. The highest BCUT2D eigenvalue weighted by Crippen LogP contribution is 2.19. The fourth-order valence-electron chi connectivity index (χ4n) is 2.69. The molecule has 2 fully saturated rings. The number of hydrogen-bond donors (Lipinski definition) is 2. The first kappa shape index (κ1) is 10.9. The second-order valence-corrected chi connectivity index (χ2v) is 4.80. The molecule has 0 radical (unpaired) electrons. The van der Waals surface area contributed by atoms with Gasteiger partial charge in [-0.1, -0.05) is 0 Å². The number of nitrogens with one attached hydrogen (secondary N) is 1. The van der Waals surface area contributed by atoms with E-state index in [1.807, 2.05) is 0 Å². The van der Waals surface area contributed by atoms with Gasteiger partial charge in [0.15, 0.2) is 0 Å². The lowest BCUT2D eigenvalue weighted by atomic mass is 9.90. The van der Waals surface area contributed by atoms with Crippen LogP contribution in [0.5, 0.6) is 0 Å². The highest BCUT2D eigenvalue weighted by atomic mass is 16.4. The molecule has 86 valence electrons. The zero-order chi connectivity index (χ0) is 10.7. The average Bonchev–Trinajstić information content (AvgIpc) is 2.71. The number of rotatable bonds is 3. The summed E-state index contributed by atoms with van der Waals surface area (Å²) < 4.78 is 0. The highest BCUT2D eigenvalue weighted by Gasteiger charge is 2.28. The lowest BCUT2D eigenvalue weighted by Gasteiger charge is -2.30. The Labute approximate surface area is 90.6 Å². The molecule has 0 aromatic rings. The van der Waals surface area contributed by atoms with Gasteiger partial charge in [0.1, 0.15) is 0 Å². The molecule has 0 aromatic heterocycles. The van der Waals surface area contributed by atoms with Crippen molar-refractivity contribution < 1.29 is 9.90 Å². The Hall–Kier alpha value is -0.610. The molecule has 0 bridgehead atoms. The van der Waals surface area contributed by atoms with Gasteiger partial charge in [0, 0.05) is 13.1 Å². The molecule has 4 heteroatoms. The number of carbonyl (C=O) groups is 1. The van der Waals surface area contributed by atoms with E-state index in [1.165, 1.54) is 25.9 Å². The summed E-state index contributed by atoms with van der Waals surface area (Å²) in [5.74, 6) is -0.294. The molecule has 2 heterocycles. The topological polar surface area (TPSA) is 52.6 Å². The molecule has 2 aliphatic rings. The van der Waals surface area contributed by atoms with E-state index in [4.69, 9.17) is 5.11 Å². The minimum absolute atomic E-state index is 0.175. The first-order valence-corrected chi connectivity index (χ1v) is 5.91. The van der Waals surface area contributed by atoms with E-state index in [1.54, 1.807) is 0 Å². The van der Waals surface area contributed by atoms with Gasteiger partial charge in [-0.15, -0.1) is 0 Å². The van der Waals surface area contributed by atoms with Gasteiger partial charge in [-0.05, 0) is 44.8 Å².